The minimum atomic E-state index is -0.0580. The summed E-state index contributed by atoms with van der Waals surface area (Å²) in [6.45, 7) is 6.99. The maximum absolute atomic E-state index is 12.3. The van der Waals surface area contributed by atoms with Gasteiger partial charge in [-0.15, -0.1) is 12.4 Å². The Morgan fingerprint density at radius 2 is 2.12 bits per heavy atom. The van der Waals surface area contributed by atoms with Crippen LogP contribution in [0.25, 0.3) is 0 Å². The van der Waals surface area contributed by atoms with E-state index in [1.807, 2.05) is 18.2 Å². The van der Waals surface area contributed by atoms with Crippen LogP contribution in [0.4, 0.5) is 5.69 Å². The average molecular weight is 383 g/mol. The molecule has 1 unspecified atom stereocenters. The quantitative estimate of drug-likeness (QED) is 0.672. The number of likely N-dealkylation sites (tertiary alicyclic amines) is 1. The number of rotatable bonds is 7. The summed E-state index contributed by atoms with van der Waals surface area (Å²) in [4.78, 5) is 26.5. The number of nitrogens with one attached hydrogen (secondary N) is 2. The first-order chi connectivity index (χ1) is 12.0. The summed E-state index contributed by atoms with van der Waals surface area (Å²) in [5.74, 6) is 0.369. The molecule has 2 amide bonds. The fourth-order valence-electron chi connectivity index (χ4n) is 3.13. The average Bonchev–Trinajstić information content (AvgIpc) is 2.60. The van der Waals surface area contributed by atoms with Gasteiger partial charge in [-0.05, 0) is 43.0 Å². The number of nitrogens with two attached hydrogens (primary N) is 1. The van der Waals surface area contributed by atoms with Gasteiger partial charge in [0.15, 0.2) is 0 Å². The molecule has 6 nitrogen and oxygen atoms in total. The molecule has 1 aliphatic heterocycles. The van der Waals surface area contributed by atoms with Crippen molar-refractivity contribution in [1.82, 2.24) is 10.2 Å². The van der Waals surface area contributed by atoms with Crippen LogP contribution in [0.2, 0.25) is 0 Å². The van der Waals surface area contributed by atoms with Crippen LogP contribution in [0.3, 0.4) is 0 Å². The fraction of sp³-hybridized carbons (Fsp3) is 0.579. The summed E-state index contributed by atoms with van der Waals surface area (Å²) in [7, 11) is 0. The van der Waals surface area contributed by atoms with Crippen molar-refractivity contribution in [1.29, 1.82) is 0 Å². The summed E-state index contributed by atoms with van der Waals surface area (Å²) in [5.41, 5.74) is 7.45. The normalized spacial score (nSPS) is 17.5. The number of hydrogen-bond acceptors (Lipinski definition) is 4. The number of nitrogens with zero attached hydrogens (tertiary/aromatic N) is 1. The third kappa shape index (κ3) is 6.94. The van der Waals surface area contributed by atoms with Crippen LogP contribution in [0.1, 0.15) is 38.2 Å². The molecule has 7 heteroatoms. The smallest absolute Gasteiger partial charge is 0.238 e. The minimum Gasteiger partial charge on any atom is -0.355 e. The van der Waals surface area contributed by atoms with Gasteiger partial charge in [-0.3, -0.25) is 14.5 Å². The highest BCUT2D eigenvalue weighted by Gasteiger charge is 2.26. The predicted octanol–water partition coefficient (Wildman–Crippen LogP) is 1.96. The van der Waals surface area contributed by atoms with Gasteiger partial charge in [-0.1, -0.05) is 26.0 Å². The second-order valence-electron chi connectivity index (χ2n) is 6.98. The first-order valence-electron chi connectivity index (χ1n) is 9.09. The van der Waals surface area contributed by atoms with Crippen LogP contribution in [0.5, 0.6) is 0 Å². The second kappa shape index (κ2) is 11.2. The summed E-state index contributed by atoms with van der Waals surface area (Å²) in [6, 6.07) is 7.95. The van der Waals surface area contributed by atoms with Crippen LogP contribution < -0.4 is 16.4 Å². The van der Waals surface area contributed by atoms with E-state index in [0.717, 1.165) is 25.1 Å². The lowest BCUT2D eigenvalue weighted by Gasteiger charge is -2.31. The zero-order valence-corrected chi connectivity index (χ0v) is 16.5. The van der Waals surface area contributed by atoms with Crippen LogP contribution in [0.15, 0.2) is 24.3 Å². The third-order valence-electron chi connectivity index (χ3n) is 4.52. The standard InChI is InChI=1S/C19H30N4O2.ClH/c1-14(2)15-5-3-7-17(11-15)22-18(24)13-23-10-4-6-16(12-23)19(25)21-9-8-20;/h3,5,7,11,14,16H,4,6,8-10,12-13,20H2,1-2H3,(H,21,25)(H,22,24);1H. The third-order valence-corrected chi connectivity index (χ3v) is 4.52. The number of carbonyl (C=O) groups excluding carboxylic acids is 2. The van der Waals surface area contributed by atoms with Crippen molar-refractivity contribution in [3.8, 4) is 0 Å². The van der Waals surface area contributed by atoms with Crippen LogP contribution >= 0.6 is 12.4 Å². The summed E-state index contributed by atoms with van der Waals surface area (Å²) in [6.07, 6.45) is 1.79. The summed E-state index contributed by atoms with van der Waals surface area (Å²) in [5, 5.41) is 5.81. The van der Waals surface area contributed by atoms with E-state index >= 15 is 0 Å². The fourth-order valence-corrected chi connectivity index (χ4v) is 3.13. The number of benzene rings is 1. The highest BCUT2D eigenvalue weighted by Crippen LogP contribution is 2.19. The van der Waals surface area contributed by atoms with E-state index < -0.39 is 0 Å². The number of anilines is 1. The zero-order valence-electron chi connectivity index (χ0n) is 15.7. The first-order valence-corrected chi connectivity index (χ1v) is 9.09. The van der Waals surface area contributed by atoms with Gasteiger partial charge in [0.1, 0.15) is 0 Å². The van der Waals surface area contributed by atoms with E-state index in [0.29, 0.717) is 32.1 Å². The van der Waals surface area contributed by atoms with Gasteiger partial charge in [0.25, 0.3) is 0 Å². The van der Waals surface area contributed by atoms with E-state index in [2.05, 4.69) is 35.4 Å². The number of amides is 2. The lowest BCUT2D eigenvalue weighted by Crippen LogP contribution is -2.46. The molecular formula is C19H31ClN4O2. The van der Waals surface area contributed by atoms with Crippen molar-refractivity contribution >= 4 is 29.9 Å². The Bertz CT molecular complexity index is 595. The maximum Gasteiger partial charge on any atom is 0.238 e. The Labute approximate surface area is 162 Å². The molecule has 4 N–H and O–H groups in total. The van der Waals surface area contributed by atoms with Gasteiger partial charge in [0, 0.05) is 25.3 Å². The number of piperidine rings is 1. The first kappa shape index (κ1) is 22.4. The van der Waals surface area contributed by atoms with E-state index in [1.54, 1.807) is 0 Å². The van der Waals surface area contributed by atoms with Crippen molar-refractivity contribution in [3.05, 3.63) is 29.8 Å². The van der Waals surface area contributed by atoms with Crippen molar-refractivity contribution in [2.45, 2.75) is 32.6 Å². The molecular weight excluding hydrogens is 352 g/mol. The number of halogens is 1. The highest BCUT2D eigenvalue weighted by molar-refractivity contribution is 5.92. The Morgan fingerprint density at radius 1 is 1.35 bits per heavy atom. The molecule has 1 saturated heterocycles. The van der Waals surface area contributed by atoms with Crippen molar-refractivity contribution in [3.63, 3.8) is 0 Å². The largest absolute Gasteiger partial charge is 0.355 e. The van der Waals surface area contributed by atoms with Gasteiger partial charge in [-0.2, -0.15) is 0 Å². The van der Waals surface area contributed by atoms with Gasteiger partial charge in [0.2, 0.25) is 11.8 Å². The molecule has 1 aromatic carbocycles. The second-order valence-corrected chi connectivity index (χ2v) is 6.98. The monoisotopic (exact) mass is 382 g/mol. The molecule has 0 aromatic heterocycles. The Hall–Kier alpha value is -1.63. The van der Waals surface area contributed by atoms with Crippen molar-refractivity contribution in [2.24, 2.45) is 11.7 Å². The number of hydrogen-bond donors (Lipinski definition) is 3. The Morgan fingerprint density at radius 3 is 2.81 bits per heavy atom. The topological polar surface area (TPSA) is 87.5 Å². The molecule has 1 heterocycles. The lowest BCUT2D eigenvalue weighted by atomic mass is 9.97. The van der Waals surface area contributed by atoms with E-state index in [1.165, 1.54) is 5.56 Å². The highest BCUT2D eigenvalue weighted by atomic mass is 35.5. The molecule has 0 aliphatic carbocycles. The van der Waals surface area contributed by atoms with E-state index in [4.69, 9.17) is 5.73 Å². The molecule has 26 heavy (non-hydrogen) atoms. The van der Waals surface area contributed by atoms with Crippen LogP contribution in [0, 0.1) is 5.92 Å². The summed E-state index contributed by atoms with van der Waals surface area (Å²) >= 11 is 0. The number of carbonyl (C=O) groups is 2. The Balaban J connectivity index is 0.00000338. The molecule has 0 saturated carbocycles. The van der Waals surface area contributed by atoms with Crippen LogP contribution in [-0.4, -0.2) is 49.4 Å². The molecule has 1 fully saturated rings. The van der Waals surface area contributed by atoms with Crippen LogP contribution in [-0.2, 0) is 9.59 Å². The van der Waals surface area contributed by atoms with Crippen molar-refractivity contribution < 1.29 is 9.59 Å². The zero-order chi connectivity index (χ0) is 18.2. The molecule has 0 spiro atoms. The molecule has 1 aliphatic rings. The minimum absolute atomic E-state index is 0. The Kier molecular flexibility index (Phi) is 9.62. The molecule has 0 radical (unpaired) electrons. The molecule has 2 rings (SSSR count). The van der Waals surface area contributed by atoms with Gasteiger partial charge < -0.3 is 16.4 Å². The lowest BCUT2D eigenvalue weighted by molar-refractivity contribution is -0.127. The summed E-state index contributed by atoms with van der Waals surface area (Å²) < 4.78 is 0. The van der Waals surface area contributed by atoms with E-state index in [9.17, 15) is 9.59 Å². The van der Waals surface area contributed by atoms with Gasteiger partial charge >= 0.3 is 0 Å². The molecule has 0 bridgehead atoms. The van der Waals surface area contributed by atoms with E-state index in [-0.39, 0.29) is 30.1 Å². The molecule has 1 aromatic rings. The van der Waals surface area contributed by atoms with Gasteiger partial charge in [0.05, 0.1) is 12.5 Å². The molecule has 146 valence electrons. The van der Waals surface area contributed by atoms with Gasteiger partial charge in [-0.25, -0.2) is 0 Å². The predicted molar refractivity (Wildman–Crippen MR) is 108 cm³/mol. The maximum atomic E-state index is 12.3. The SMILES string of the molecule is CC(C)c1cccc(NC(=O)CN2CCCC(C(=O)NCCN)C2)c1.Cl. The molecule has 1 atom stereocenters. The van der Waals surface area contributed by atoms with Crippen molar-refractivity contribution in [2.75, 3.05) is 38.0 Å².